The third kappa shape index (κ3) is 3.94. The van der Waals surface area contributed by atoms with Gasteiger partial charge in [0.2, 0.25) is 11.3 Å². The summed E-state index contributed by atoms with van der Waals surface area (Å²) in [5.74, 6) is -0.588. The number of piperazine rings is 1. The van der Waals surface area contributed by atoms with Gasteiger partial charge in [0, 0.05) is 31.1 Å². The summed E-state index contributed by atoms with van der Waals surface area (Å²) in [7, 11) is 0. The molecule has 6 rings (SSSR count). The molecule has 0 radical (unpaired) electrons. The highest BCUT2D eigenvalue weighted by molar-refractivity contribution is 6.33. The summed E-state index contributed by atoms with van der Waals surface area (Å²) >= 11 is 6.11. The standard InChI is InChI=1S/C26H26ClF3N6O2/c1-12-9-19(25(38)34-16-4-3-14(10-15(16)27)26(28,29)30)36-21(12)22(35-8-7-31-17-5-6-18(17)35)23(37)20-24(36)32-11-13(2)33-20/h3-4,10-12,17-19,31H,5-9H2,1-2H3,(H,34,38)/t12?,17-,18-,19?/m0/s1. The van der Waals surface area contributed by atoms with Crippen molar-refractivity contribution in [3.8, 4) is 0 Å². The lowest BCUT2D eigenvalue weighted by Gasteiger charge is -2.50. The van der Waals surface area contributed by atoms with E-state index in [1.54, 1.807) is 17.7 Å². The van der Waals surface area contributed by atoms with Crippen molar-refractivity contribution in [3.05, 3.63) is 56.6 Å². The van der Waals surface area contributed by atoms with Crippen molar-refractivity contribution in [1.82, 2.24) is 19.9 Å². The Kier molecular flexibility index (Phi) is 5.91. The molecule has 1 aliphatic carbocycles. The number of aryl methyl sites for hydroxylation is 1. The van der Waals surface area contributed by atoms with Crippen LogP contribution in [0.25, 0.3) is 11.2 Å². The number of carbonyl (C=O) groups excluding carboxylic acids is 1. The zero-order valence-corrected chi connectivity index (χ0v) is 21.5. The second-order valence-electron chi connectivity index (χ2n) is 10.3. The smallest absolute Gasteiger partial charge is 0.361 e. The molecule has 2 aromatic heterocycles. The number of anilines is 2. The first-order chi connectivity index (χ1) is 18.0. The summed E-state index contributed by atoms with van der Waals surface area (Å²) in [5.41, 5.74) is 1.43. The number of amides is 1. The summed E-state index contributed by atoms with van der Waals surface area (Å²) in [6, 6.07) is 2.59. The lowest BCUT2D eigenvalue weighted by Crippen LogP contribution is -2.64. The number of nitrogens with one attached hydrogen (secondary N) is 2. The quantitative estimate of drug-likeness (QED) is 0.506. The number of nitrogens with zero attached hydrogens (tertiary/aromatic N) is 4. The van der Waals surface area contributed by atoms with Gasteiger partial charge in [-0.15, -0.1) is 0 Å². The Morgan fingerprint density at radius 1 is 1.26 bits per heavy atom. The molecule has 0 bridgehead atoms. The molecule has 4 atom stereocenters. The van der Waals surface area contributed by atoms with Crippen molar-refractivity contribution >= 4 is 40.0 Å². The molecule has 1 saturated carbocycles. The number of hydrogen-bond acceptors (Lipinski definition) is 6. The molecule has 1 amide bonds. The van der Waals surface area contributed by atoms with Gasteiger partial charge in [-0.25, -0.2) is 9.97 Å². The van der Waals surface area contributed by atoms with Gasteiger partial charge in [-0.1, -0.05) is 18.5 Å². The van der Waals surface area contributed by atoms with E-state index < -0.39 is 23.7 Å². The SMILES string of the molecule is Cc1cnc2c(n1)c(=O)c(N1CCN[C@H]3CC[C@@H]31)c1n2C(C(=O)Nc2ccc(C(F)(F)F)cc2Cl)CC1C. The molecule has 0 spiro atoms. The Balaban J connectivity index is 1.45. The molecular formula is C26H26ClF3N6O2. The summed E-state index contributed by atoms with van der Waals surface area (Å²) < 4.78 is 41.0. The normalized spacial score (nSPS) is 24.6. The van der Waals surface area contributed by atoms with Crippen molar-refractivity contribution in [2.24, 2.45) is 0 Å². The van der Waals surface area contributed by atoms with Crippen molar-refractivity contribution in [2.75, 3.05) is 23.3 Å². The molecule has 12 heteroatoms. The molecule has 1 aromatic carbocycles. The van der Waals surface area contributed by atoms with Crippen LogP contribution in [0.5, 0.6) is 0 Å². The van der Waals surface area contributed by atoms with Crippen LogP contribution < -0.4 is 21.0 Å². The van der Waals surface area contributed by atoms with E-state index in [4.69, 9.17) is 11.6 Å². The Hall–Kier alpha value is -3.18. The molecule has 2 unspecified atom stereocenters. The number of carbonyl (C=O) groups is 1. The zero-order valence-electron chi connectivity index (χ0n) is 20.8. The van der Waals surface area contributed by atoms with Gasteiger partial charge in [0.05, 0.1) is 33.9 Å². The van der Waals surface area contributed by atoms with Crippen LogP contribution in [-0.4, -0.2) is 45.6 Å². The average molecular weight is 547 g/mol. The highest BCUT2D eigenvalue weighted by atomic mass is 35.5. The molecule has 3 aromatic rings. The van der Waals surface area contributed by atoms with Gasteiger partial charge in [-0.05, 0) is 44.4 Å². The van der Waals surface area contributed by atoms with Crippen molar-refractivity contribution in [1.29, 1.82) is 0 Å². The second-order valence-corrected chi connectivity index (χ2v) is 10.8. The van der Waals surface area contributed by atoms with E-state index in [-0.39, 0.29) is 33.6 Å². The zero-order chi connectivity index (χ0) is 26.9. The number of aromatic nitrogens is 3. The fourth-order valence-corrected chi connectivity index (χ4v) is 6.24. The number of halogens is 4. The van der Waals surface area contributed by atoms with Gasteiger partial charge in [-0.2, -0.15) is 13.2 Å². The lowest BCUT2D eigenvalue weighted by molar-refractivity contribution is -0.137. The van der Waals surface area contributed by atoms with Gasteiger partial charge < -0.3 is 20.1 Å². The number of fused-ring (bicyclic) bond motifs is 4. The van der Waals surface area contributed by atoms with Crippen molar-refractivity contribution < 1.29 is 18.0 Å². The molecule has 4 heterocycles. The molecule has 2 N–H and O–H groups in total. The van der Waals surface area contributed by atoms with E-state index in [9.17, 15) is 22.8 Å². The lowest BCUT2D eigenvalue weighted by atomic mass is 9.82. The maximum Gasteiger partial charge on any atom is 0.416 e. The molecule has 2 fully saturated rings. The third-order valence-corrected chi connectivity index (χ3v) is 8.24. The predicted octanol–water partition coefficient (Wildman–Crippen LogP) is 4.40. The highest BCUT2D eigenvalue weighted by Crippen LogP contribution is 2.44. The predicted molar refractivity (Wildman–Crippen MR) is 138 cm³/mol. The van der Waals surface area contributed by atoms with E-state index in [2.05, 4.69) is 25.5 Å². The number of hydrogen-bond donors (Lipinski definition) is 2. The first kappa shape index (κ1) is 25.1. The van der Waals surface area contributed by atoms with E-state index >= 15 is 0 Å². The molecule has 38 heavy (non-hydrogen) atoms. The van der Waals surface area contributed by atoms with Crippen molar-refractivity contribution in [2.45, 2.75) is 63.3 Å². The molecular weight excluding hydrogens is 521 g/mol. The van der Waals surface area contributed by atoms with E-state index in [0.717, 1.165) is 43.3 Å². The Labute approximate surface area is 221 Å². The van der Waals surface area contributed by atoms with Crippen LogP contribution in [-0.2, 0) is 11.0 Å². The fraction of sp³-hybridized carbons (Fsp3) is 0.462. The molecule has 3 aliphatic rings. The Bertz CT molecular complexity index is 1520. The Morgan fingerprint density at radius 2 is 2.05 bits per heavy atom. The number of benzene rings is 1. The highest BCUT2D eigenvalue weighted by Gasteiger charge is 2.44. The summed E-state index contributed by atoms with van der Waals surface area (Å²) in [4.78, 5) is 38.7. The van der Waals surface area contributed by atoms with Crippen molar-refractivity contribution in [3.63, 3.8) is 0 Å². The molecule has 2 aliphatic heterocycles. The molecule has 8 nitrogen and oxygen atoms in total. The molecule has 1 saturated heterocycles. The Morgan fingerprint density at radius 3 is 2.74 bits per heavy atom. The maximum absolute atomic E-state index is 13.9. The largest absolute Gasteiger partial charge is 0.416 e. The second kappa shape index (κ2) is 8.94. The van der Waals surface area contributed by atoms with E-state index in [1.165, 1.54) is 0 Å². The average Bonchev–Trinajstić information content (AvgIpc) is 3.18. The number of alkyl halides is 3. The first-order valence-electron chi connectivity index (χ1n) is 12.6. The monoisotopic (exact) mass is 546 g/mol. The third-order valence-electron chi connectivity index (χ3n) is 7.93. The summed E-state index contributed by atoms with van der Waals surface area (Å²) in [6.07, 6.45) is -0.574. The topological polar surface area (TPSA) is 92.2 Å². The first-order valence-corrected chi connectivity index (χ1v) is 13.0. The fourth-order valence-electron chi connectivity index (χ4n) is 6.01. The minimum absolute atomic E-state index is 0.0812. The van der Waals surface area contributed by atoms with Crippen LogP contribution >= 0.6 is 11.6 Å². The minimum Gasteiger partial charge on any atom is -0.361 e. The van der Waals surface area contributed by atoms with Crippen LogP contribution in [0.2, 0.25) is 5.02 Å². The van der Waals surface area contributed by atoms with E-state index in [0.29, 0.717) is 36.0 Å². The number of pyridine rings is 1. The van der Waals surface area contributed by atoms with Gasteiger partial charge in [-0.3, -0.25) is 9.59 Å². The van der Waals surface area contributed by atoms with E-state index in [1.807, 2.05) is 6.92 Å². The molecule has 200 valence electrons. The van der Waals surface area contributed by atoms with Gasteiger partial charge in [0.25, 0.3) is 0 Å². The van der Waals surface area contributed by atoms with Crippen LogP contribution in [0.3, 0.4) is 0 Å². The van der Waals surface area contributed by atoms with Crippen LogP contribution in [0.1, 0.15) is 55.1 Å². The van der Waals surface area contributed by atoms with Crippen LogP contribution in [0.15, 0.2) is 29.2 Å². The van der Waals surface area contributed by atoms with Crippen LogP contribution in [0, 0.1) is 6.92 Å². The van der Waals surface area contributed by atoms with Gasteiger partial charge in [0.15, 0.2) is 11.2 Å². The van der Waals surface area contributed by atoms with Gasteiger partial charge >= 0.3 is 6.18 Å². The van der Waals surface area contributed by atoms with Gasteiger partial charge in [0.1, 0.15) is 11.7 Å². The maximum atomic E-state index is 13.9. The summed E-state index contributed by atoms with van der Waals surface area (Å²) in [5, 5.41) is 6.00. The minimum atomic E-state index is -4.55. The number of rotatable bonds is 3. The van der Waals surface area contributed by atoms with Crippen LogP contribution in [0.4, 0.5) is 24.5 Å². The summed E-state index contributed by atoms with van der Waals surface area (Å²) in [6.45, 7) is 5.15.